The molecule has 0 N–H and O–H groups in total. The third-order valence-corrected chi connectivity index (χ3v) is 2.59. The Balaban J connectivity index is 2.39. The lowest BCUT2D eigenvalue weighted by Crippen LogP contribution is -1.80. The van der Waals surface area contributed by atoms with Gasteiger partial charge in [-0.3, -0.25) is 0 Å². The smallest absolute Gasteiger partial charge is 0.0481 e. The van der Waals surface area contributed by atoms with E-state index in [4.69, 9.17) is 11.6 Å². The fourth-order valence-electron chi connectivity index (χ4n) is 1.64. The summed E-state index contributed by atoms with van der Waals surface area (Å²) in [6.45, 7) is 0. The number of halogens is 1. The zero-order valence-electron chi connectivity index (χ0n) is 6.89. The van der Waals surface area contributed by atoms with E-state index < -0.39 is 0 Å². The summed E-state index contributed by atoms with van der Waals surface area (Å²) < 4.78 is 0. The van der Waals surface area contributed by atoms with Crippen LogP contribution in [0.5, 0.6) is 0 Å². The molecule has 0 atom stereocenters. The lowest BCUT2D eigenvalue weighted by atomic mass is 10.1. The molecule has 0 bridgehead atoms. The SMILES string of the molecule is Clc1ccccc1C1=CCCC1. The normalized spacial score (nSPS) is 16.2. The molecular formula is C11H11Cl. The first-order chi connectivity index (χ1) is 5.88. The molecule has 1 aromatic carbocycles. The molecule has 0 fully saturated rings. The maximum absolute atomic E-state index is 6.06. The van der Waals surface area contributed by atoms with Crippen LogP contribution in [0.2, 0.25) is 5.02 Å². The third-order valence-electron chi connectivity index (χ3n) is 2.26. The van der Waals surface area contributed by atoms with E-state index in [2.05, 4.69) is 12.1 Å². The molecule has 1 aliphatic rings. The molecule has 0 nitrogen and oxygen atoms in total. The van der Waals surface area contributed by atoms with Gasteiger partial charge in [-0.05, 0) is 36.5 Å². The van der Waals surface area contributed by atoms with Crippen molar-refractivity contribution in [1.82, 2.24) is 0 Å². The lowest BCUT2D eigenvalue weighted by molar-refractivity contribution is 0.935. The largest absolute Gasteiger partial charge is 0.0837 e. The van der Waals surface area contributed by atoms with Crippen LogP contribution in [0.4, 0.5) is 0 Å². The highest BCUT2D eigenvalue weighted by Gasteiger charge is 2.08. The van der Waals surface area contributed by atoms with Gasteiger partial charge in [-0.25, -0.2) is 0 Å². The molecule has 1 aromatic rings. The summed E-state index contributed by atoms with van der Waals surface area (Å²) in [6, 6.07) is 8.07. The van der Waals surface area contributed by atoms with Crippen LogP contribution in [0.3, 0.4) is 0 Å². The van der Waals surface area contributed by atoms with Gasteiger partial charge in [0.15, 0.2) is 0 Å². The fourth-order valence-corrected chi connectivity index (χ4v) is 1.89. The number of rotatable bonds is 1. The van der Waals surface area contributed by atoms with E-state index >= 15 is 0 Å². The first kappa shape index (κ1) is 7.88. The van der Waals surface area contributed by atoms with Crippen LogP contribution in [0.1, 0.15) is 24.8 Å². The topological polar surface area (TPSA) is 0 Å². The molecule has 12 heavy (non-hydrogen) atoms. The van der Waals surface area contributed by atoms with Crippen molar-refractivity contribution in [2.45, 2.75) is 19.3 Å². The summed E-state index contributed by atoms with van der Waals surface area (Å²) in [4.78, 5) is 0. The minimum absolute atomic E-state index is 0.880. The monoisotopic (exact) mass is 178 g/mol. The van der Waals surface area contributed by atoms with Gasteiger partial charge in [-0.2, -0.15) is 0 Å². The summed E-state index contributed by atoms with van der Waals surface area (Å²) in [5.74, 6) is 0. The Morgan fingerprint density at radius 1 is 1.17 bits per heavy atom. The Labute approximate surface area is 77.9 Å². The molecule has 0 saturated carbocycles. The second kappa shape index (κ2) is 3.32. The number of hydrogen-bond donors (Lipinski definition) is 0. The summed E-state index contributed by atoms with van der Waals surface area (Å²) in [6.07, 6.45) is 5.96. The second-order valence-electron chi connectivity index (χ2n) is 3.10. The van der Waals surface area contributed by atoms with Crippen LogP contribution < -0.4 is 0 Å². The Bertz CT molecular complexity index is 313. The summed E-state index contributed by atoms with van der Waals surface area (Å²) in [7, 11) is 0. The van der Waals surface area contributed by atoms with Gasteiger partial charge in [0.1, 0.15) is 0 Å². The second-order valence-corrected chi connectivity index (χ2v) is 3.51. The van der Waals surface area contributed by atoms with E-state index in [-0.39, 0.29) is 0 Å². The van der Waals surface area contributed by atoms with E-state index in [1.807, 2.05) is 18.2 Å². The fraction of sp³-hybridized carbons (Fsp3) is 0.273. The van der Waals surface area contributed by atoms with E-state index in [0.717, 1.165) is 5.02 Å². The van der Waals surface area contributed by atoms with Crippen LogP contribution in [0, 0.1) is 0 Å². The molecule has 0 radical (unpaired) electrons. The average Bonchev–Trinajstić information content (AvgIpc) is 2.57. The number of benzene rings is 1. The standard InChI is InChI=1S/C11H11Cl/c12-11-8-4-3-7-10(11)9-5-1-2-6-9/h3-5,7-8H,1-2,6H2. The van der Waals surface area contributed by atoms with Crippen molar-refractivity contribution in [3.05, 3.63) is 40.9 Å². The van der Waals surface area contributed by atoms with Crippen molar-refractivity contribution < 1.29 is 0 Å². The van der Waals surface area contributed by atoms with Gasteiger partial charge in [0.2, 0.25) is 0 Å². The predicted octanol–water partition coefficient (Wildman–Crippen LogP) is 3.91. The summed E-state index contributed by atoms with van der Waals surface area (Å²) in [5.41, 5.74) is 2.64. The zero-order chi connectivity index (χ0) is 8.39. The molecule has 1 aliphatic carbocycles. The van der Waals surface area contributed by atoms with Crippen molar-refractivity contribution >= 4 is 17.2 Å². The Morgan fingerprint density at radius 2 is 2.00 bits per heavy atom. The van der Waals surface area contributed by atoms with Crippen LogP contribution in [-0.2, 0) is 0 Å². The van der Waals surface area contributed by atoms with E-state index in [9.17, 15) is 0 Å². The van der Waals surface area contributed by atoms with Gasteiger partial charge in [0.05, 0.1) is 0 Å². The van der Waals surface area contributed by atoms with E-state index in [1.165, 1.54) is 30.4 Å². The minimum atomic E-state index is 0.880. The Morgan fingerprint density at radius 3 is 2.67 bits per heavy atom. The van der Waals surface area contributed by atoms with Crippen molar-refractivity contribution in [3.63, 3.8) is 0 Å². The van der Waals surface area contributed by atoms with E-state index in [0.29, 0.717) is 0 Å². The molecule has 0 spiro atoms. The molecule has 0 amide bonds. The first-order valence-electron chi connectivity index (χ1n) is 4.32. The molecule has 62 valence electrons. The molecule has 0 aromatic heterocycles. The van der Waals surface area contributed by atoms with Crippen molar-refractivity contribution in [1.29, 1.82) is 0 Å². The zero-order valence-corrected chi connectivity index (χ0v) is 7.64. The van der Waals surface area contributed by atoms with Gasteiger partial charge < -0.3 is 0 Å². The maximum atomic E-state index is 6.06. The molecule has 0 aliphatic heterocycles. The van der Waals surface area contributed by atoms with E-state index in [1.54, 1.807) is 0 Å². The molecule has 2 rings (SSSR count). The summed E-state index contributed by atoms with van der Waals surface area (Å²) >= 11 is 6.06. The highest BCUT2D eigenvalue weighted by molar-refractivity contribution is 6.32. The Kier molecular flexibility index (Phi) is 2.18. The molecular weight excluding hydrogens is 168 g/mol. The summed E-state index contributed by atoms with van der Waals surface area (Å²) in [5, 5.41) is 0.880. The van der Waals surface area contributed by atoms with Gasteiger partial charge in [0.25, 0.3) is 0 Å². The first-order valence-corrected chi connectivity index (χ1v) is 4.69. The minimum Gasteiger partial charge on any atom is -0.0837 e. The molecule has 0 heterocycles. The predicted molar refractivity (Wildman–Crippen MR) is 53.3 cm³/mol. The lowest BCUT2D eigenvalue weighted by Gasteiger charge is -2.03. The van der Waals surface area contributed by atoms with Crippen LogP contribution in [-0.4, -0.2) is 0 Å². The molecule has 1 heteroatoms. The average molecular weight is 179 g/mol. The van der Waals surface area contributed by atoms with Crippen molar-refractivity contribution in [2.24, 2.45) is 0 Å². The molecule has 0 unspecified atom stereocenters. The van der Waals surface area contributed by atoms with Crippen molar-refractivity contribution in [3.8, 4) is 0 Å². The molecule has 0 saturated heterocycles. The highest BCUT2D eigenvalue weighted by atomic mass is 35.5. The number of hydrogen-bond acceptors (Lipinski definition) is 0. The van der Waals surface area contributed by atoms with Gasteiger partial charge in [-0.15, -0.1) is 0 Å². The van der Waals surface area contributed by atoms with Crippen molar-refractivity contribution in [2.75, 3.05) is 0 Å². The maximum Gasteiger partial charge on any atom is 0.0481 e. The van der Waals surface area contributed by atoms with Gasteiger partial charge in [-0.1, -0.05) is 35.9 Å². The van der Waals surface area contributed by atoms with Crippen LogP contribution >= 0.6 is 11.6 Å². The highest BCUT2D eigenvalue weighted by Crippen LogP contribution is 2.31. The number of allylic oxidation sites excluding steroid dienone is 2. The van der Waals surface area contributed by atoms with Crippen LogP contribution in [0.15, 0.2) is 30.3 Å². The third kappa shape index (κ3) is 1.39. The quantitative estimate of drug-likeness (QED) is 0.612. The Hall–Kier alpha value is -0.750. The van der Waals surface area contributed by atoms with Gasteiger partial charge in [0, 0.05) is 5.02 Å². The van der Waals surface area contributed by atoms with Crippen LogP contribution in [0.25, 0.3) is 5.57 Å². The van der Waals surface area contributed by atoms with Gasteiger partial charge >= 0.3 is 0 Å².